The number of methoxy groups -OCH3 is 1. The molecule has 0 radical (unpaired) electrons. The number of aryl methyl sites for hydroxylation is 3. The molecule has 1 N–H and O–H groups in total. The summed E-state index contributed by atoms with van der Waals surface area (Å²) >= 11 is 0. The summed E-state index contributed by atoms with van der Waals surface area (Å²) in [5.41, 5.74) is 4.71. The number of hydrogen-bond donors (Lipinski definition) is 1. The summed E-state index contributed by atoms with van der Waals surface area (Å²) in [6.07, 6.45) is 1.82. The van der Waals surface area contributed by atoms with Crippen molar-refractivity contribution in [1.82, 2.24) is 15.1 Å². The Bertz CT molecular complexity index is 575. The lowest BCUT2D eigenvalue weighted by molar-refractivity contribution is 0.403. The maximum Gasteiger partial charge on any atom is 0.124 e. The smallest absolute Gasteiger partial charge is 0.124 e. The fourth-order valence-corrected chi connectivity index (χ4v) is 2.59. The van der Waals surface area contributed by atoms with Gasteiger partial charge in [0.25, 0.3) is 0 Å². The maximum absolute atomic E-state index is 5.56. The van der Waals surface area contributed by atoms with Crippen LogP contribution in [0.1, 0.15) is 28.4 Å². The van der Waals surface area contributed by atoms with E-state index in [0.29, 0.717) is 0 Å². The van der Waals surface area contributed by atoms with Gasteiger partial charge in [0.15, 0.2) is 0 Å². The maximum atomic E-state index is 5.56. The van der Waals surface area contributed by atoms with Crippen LogP contribution in [-0.2, 0) is 7.05 Å². The van der Waals surface area contributed by atoms with Gasteiger partial charge in [-0.15, -0.1) is 0 Å². The minimum atomic E-state index is 0.0723. The molecule has 1 heterocycles. The minimum absolute atomic E-state index is 0.0723. The average Bonchev–Trinajstić information content (AvgIpc) is 2.78. The van der Waals surface area contributed by atoms with E-state index in [1.165, 1.54) is 16.7 Å². The van der Waals surface area contributed by atoms with Crippen LogP contribution >= 0.6 is 0 Å². The van der Waals surface area contributed by atoms with Crippen LogP contribution in [0.3, 0.4) is 0 Å². The van der Waals surface area contributed by atoms with Crippen LogP contribution in [0.2, 0.25) is 0 Å². The van der Waals surface area contributed by atoms with Gasteiger partial charge >= 0.3 is 0 Å². The predicted octanol–water partition coefficient (Wildman–Crippen LogP) is 2.35. The molecule has 0 bridgehead atoms. The van der Waals surface area contributed by atoms with Crippen molar-refractivity contribution in [1.29, 1.82) is 0 Å². The lowest BCUT2D eigenvalue weighted by Gasteiger charge is -2.22. The molecular weight excluding hydrogens is 238 g/mol. The van der Waals surface area contributed by atoms with E-state index in [2.05, 4.69) is 36.4 Å². The Morgan fingerprint density at radius 1 is 1.32 bits per heavy atom. The van der Waals surface area contributed by atoms with E-state index >= 15 is 0 Å². The second kappa shape index (κ2) is 5.45. The van der Waals surface area contributed by atoms with E-state index in [1.54, 1.807) is 7.11 Å². The molecule has 1 aromatic carbocycles. The Kier molecular flexibility index (Phi) is 3.90. The molecule has 0 spiro atoms. The normalized spacial score (nSPS) is 12.5. The Morgan fingerprint density at radius 3 is 2.58 bits per heavy atom. The average molecular weight is 259 g/mol. The van der Waals surface area contributed by atoms with Gasteiger partial charge in [-0.05, 0) is 44.2 Å². The summed E-state index contributed by atoms with van der Waals surface area (Å²) in [5, 5.41) is 7.61. The zero-order chi connectivity index (χ0) is 14.0. The molecule has 0 aliphatic carbocycles. The fraction of sp³-hybridized carbons (Fsp3) is 0.400. The van der Waals surface area contributed by atoms with Crippen molar-refractivity contribution in [2.45, 2.75) is 19.9 Å². The van der Waals surface area contributed by atoms with Crippen molar-refractivity contribution in [3.05, 3.63) is 46.8 Å². The molecule has 1 unspecified atom stereocenters. The number of nitrogens with zero attached hydrogens (tertiary/aromatic N) is 2. The quantitative estimate of drug-likeness (QED) is 0.916. The summed E-state index contributed by atoms with van der Waals surface area (Å²) < 4.78 is 7.45. The lowest BCUT2D eigenvalue weighted by Crippen LogP contribution is -2.22. The molecule has 1 aromatic heterocycles. The van der Waals surface area contributed by atoms with E-state index in [-0.39, 0.29) is 6.04 Å². The van der Waals surface area contributed by atoms with Crippen LogP contribution in [0, 0.1) is 13.8 Å². The van der Waals surface area contributed by atoms with Gasteiger partial charge in [-0.25, -0.2) is 0 Å². The highest BCUT2D eigenvalue weighted by Gasteiger charge is 2.21. The van der Waals surface area contributed by atoms with E-state index in [1.807, 2.05) is 31.0 Å². The van der Waals surface area contributed by atoms with Gasteiger partial charge in [0.2, 0.25) is 0 Å². The topological polar surface area (TPSA) is 39.1 Å². The molecule has 2 rings (SSSR count). The molecule has 102 valence electrons. The first-order valence-electron chi connectivity index (χ1n) is 6.38. The number of ether oxygens (including phenoxy) is 1. The zero-order valence-electron chi connectivity index (χ0n) is 12.2. The second-order valence-electron chi connectivity index (χ2n) is 4.80. The van der Waals surface area contributed by atoms with Gasteiger partial charge in [-0.1, -0.05) is 6.07 Å². The van der Waals surface area contributed by atoms with E-state index in [9.17, 15) is 0 Å². The fourth-order valence-electron chi connectivity index (χ4n) is 2.59. The van der Waals surface area contributed by atoms with Crippen LogP contribution in [0.15, 0.2) is 24.4 Å². The van der Waals surface area contributed by atoms with Crippen molar-refractivity contribution >= 4 is 0 Å². The molecule has 2 aromatic rings. The number of hydrogen-bond acceptors (Lipinski definition) is 3. The predicted molar refractivity (Wildman–Crippen MR) is 76.6 cm³/mol. The highest BCUT2D eigenvalue weighted by Crippen LogP contribution is 2.33. The Hall–Kier alpha value is -1.81. The first kappa shape index (κ1) is 13.6. The third-order valence-electron chi connectivity index (χ3n) is 3.45. The van der Waals surface area contributed by atoms with Crippen molar-refractivity contribution < 1.29 is 4.74 Å². The second-order valence-corrected chi connectivity index (χ2v) is 4.80. The Morgan fingerprint density at radius 2 is 2.05 bits per heavy atom. The monoisotopic (exact) mass is 259 g/mol. The van der Waals surface area contributed by atoms with Gasteiger partial charge in [0, 0.05) is 18.8 Å². The lowest BCUT2D eigenvalue weighted by atomic mass is 9.95. The van der Waals surface area contributed by atoms with Gasteiger partial charge in [-0.2, -0.15) is 5.10 Å². The van der Waals surface area contributed by atoms with Gasteiger partial charge in [0.1, 0.15) is 5.75 Å². The van der Waals surface area contributed by atoms with Crippen LogP contribution in [0.4, 0.5) is 0 Å². The van der Waals surface area contributed by atoms with Crippen molar-refractivity contribution in [3.8, 4) is 5.75 Å². The summed E-state index contributed by atoms with van der Waals surface area (Å²) in [6, 6.07) is 6.35. The molecular formula is C15H21N3O. The van der Waals surface area contributed by atoms with Gasteiger partial charge in [-0.3, -0.25) is 4.68 Å². The number of aromatic nitrogens is 2. The standard InChI is InChI=1S/C15H21N3O/c1-10-8-11(2)14(13(9-10)19-5)15(16-3)12-6-7-17-18(12)4/h6-9,15-16H,1-5H3. The van der Waals surface area contributed by atoms with Gasteiger partial charge < -0.3 is 10.1 Å². The number of benzene rings is 1. The van der Waals surface area contributed by atoms with Gasteiger partial charge in [0.05, 0.1) is 18.8 Å². The summed E-state index contributed by atoms with van der Waals surface area (Å²) in [4.78, 5) is 0. The number of nitrogens with one attached hydrogen (secondary N) is 1. The Labute approximate surface area is 114 Å². The molecule has 4 heteroatoms. The molecule has 19 heavy (non-hydrogen) atoms. The summed E-state index contributed by atoms with van der Waals surface area (Å²) in [7, 11) is 5.62. The van der Waals surface area contributed by atoms with E-state index < -0.39 is 0 Å². The third kappa shape index (κ3) is 2.49. The van der Waals surface area contributed by atoms with Crippen molar-refractivity contribution in [2.75, 3.05) is 14.2 Å². The Balaban J connectivity index is 2.59. The van der Waals surface area contributed by atoms with Crippen LogP contribution in [0.25, 0.3) is 0 Å². The molecule has 0 amide bonds. The molecule has 0 fully saturated rings. The van der Waals surface area contributed by atoms with E-state index in [4.69, 9.17) is 4.74 Å². The first-order chi connectivity index (χ1) is 9.08. The first-order valence-corrected chi connectivity index (χ1v) is 6.38. The zero-order valence-corrected chi connectivity index (χ0v) is 12.2. The third-order valence-corrected chi connectivity index (χ3v) is 3.45. The minimum Gasteiger partial charge on any atom is -0.496 e. The van der Waals surface area contributed by atoms with Crippen LogP contribution in [-0.4, -0.2) is 23.9 Å². The van der Waals surface area contributed by atoms with Crippen LogP contribution in [0.5, 0.6) is 5.75 Å². The summed E-state index contributed by atoms with van der Waals surface area (Å²) in [5.74, 6) is 0.915. The summed E-state index contributed by atoms with van der Waals surface area (Å²) in [6.45, 7) is 4.20. The highest BCUT2D eigenvalue weighted by molar-refractivity contribution is 5.47. The van der Waals surface area contributed by atoms with Crippen molar-refractivity contribution in [3.63, 3.8) is 0 Å². The molecule has 4 nitrogen and oxygen atoms in total. The molecule has 1 atom stereocenters. The number of rotatable bonds is 4. The van der Waals surface area contributed by atoms with Crippen molar-refractivity contribution in [2.24, 2.45) is 7.05 Å². The largest absolute Gasteiger partial charge is 0.496 e. The highest BCUT2D eigenvalue weighted by atomic mass is 16.5. The van der Waals surface area contributed by atoms with Crippen LogP contribution < -0.4 is 10.1 Å². The molecule has 0 saturated heterocycles. The SMILES string of the molecule is CNC(c1c(C)cc(C)cc1OC)c1ccnn1C. The molecule has 0 aliphatic heterocycles. The molecule has 0 saturated carbocycles. The molecule has 0 aliphatic rings. The van der Waals surface area contributed by atoms with E-state index in [0.717, 1.165) is 11.4 Å².